The fraction of sp³-hybridized carbons (Fsp3) is 0.200. The first kappa shape index (κ1) is 16.2. The molecule has 0 amide bonds. The van der Waals surface area contributed by atoms with Crippen LogP contribution in [0.1, 0.15) is 15.9 Å². The van der Waals surface area contributed by atoms with Crippen molar-refractivity contribution in [1.82, 2.24) is 4.98 Å². The molecule has 4 nitrogen and oxygen atoms in total. The van der Waals surface area contributed by atoms with Gasteiger partial charge in [0.15, 0.2) is 0 Å². The Labute approximate surface area is 151 Å². The van der Waals surface area contributed by atoms with Crippen molar-refractivity contribution in [3.05, 3.63) is 53.6 Å². The molecule has 2 N–H and O–H groups in total. The Morgan fingerprint density at radius 1 is 1.08 bits per heavy atom. The summed E-state index contributed by atoms with van der Waals surface area (Å²) in [6.45, 7) is 0.820. The van der Waals surface area contributed by atoms with Gasteiger partial charge >= 0.3 is 151 Å². The topological polar surface area (TPSA) is 62.2 Å². The third-order valence-electron chi connectivity index (χ3n) is 4.49. The number of aromatic nitrogens is 1. The summed E-state index contributed by atoms with van der Waals surface area (Å²) in [6, 6.07) is 12.8. The summed E-state index contributed by atoms with van der Waals surface area (Å²) in [5.74, 6) is 0.835. The van der Waals surface area contributed by atoms with E-state index in [1.165, 1.54) is 0 Å². The van der Waals surface area contributed by atoms with E-state index in [1.807, 2.05) is 30.3 Å². The normalized spacial score (nSPS) is 12.5. The van der Waals surface area contributed by atoms with Crippen LogP contribution >= 0.6 is 0 Å². The van der Waals surface area contributed by atoms with E-state index in [0.29, 0.717) is 16.9 Å². The van der Waals surface area contributed by atoms with Crippen LogP contribution in [0, 0.1) is 0 Å². The van der Waals surface area contributed by atoms with Crippen molar-refractivity contribution in [3.63, 3.8) is 0 Å². The Kier molecular flexibility index (Phi) is 4.01. The number of benzene rings is 2. The molecule has 25 heavy (non-hydrogen) atoms. The minimum absolute atomic E-state index is 0.0259. The molecule has 0 unspecified atom stereocenters. The van der Waals surface area contributed by atoms with Gasteiger partial charge in [0.2, 0.25) is 0 Å². The number of phenolic OH excluding ortho intramolecular Hbond substituents is 1. The number of hydrogen-bond acceptors (Lipinski definition) is 4. The number of nitrogens with zero attached hydrogens (tertiary/aromatic N) is 1. The van der Waals surface area contributed by atoms with Gasteiger partial charge in [-0.05, 0) is 0 Å². The molecule has 0 saturated heterocycles. The molecule has 0 saturated carbocycles. The third-order valence-corrected chi connectivity index (χ3v) is 6.83. The molecule has 126 valence electrons. The van der Waals surface area contributed by atoms with E-state index in [2.05, 4.69) is 21.7 Å². The Hall–Kier alpha value is -2.32. The number of anilines is 1. The molecule has 0 fully saturated rings. The van der Waals surface area contributed by atoms with E-state index in [-0.39, 0.29) is 11.5 Å². The van der Waals surface area contributed by atoms with Crippen LogP contribution < -0.4 is 5.32 Å². The molecular formula is C20H19AsN2O2. The van der Waals surface area contributed by atoms with Gasteiger partial charge in [-0.25, -0.2) is 0 Å². The molecular weight excluding hydrogens is 375 g/mol. The van der Waals surface area contributed by atoms with E-state index < -0.39 is 14.7 Å². The Morgan fingerprint density at radius 3 is 2.60 bits per heavy atom. The number of carbonyl (C=O) groups excluding carboxylic acids is 1. The number of aromatic hydroxyl groups is 1. The third kappa shape index (κ3) is 2.71. The average Bonchev–Trinajstić information content (AvgIpc) is 2.88. The second-order valence-electron chi connectivity index (χ2n) is 6.52. The molecule has 1 aliphatic carbocycles. The zero-order valence-corrected chi connectivity index (χ0v) is 16.1. The van der Waals surface area contributed by atoms with Crippen LogP contribution in [-0.2, 0) is 0 Å². The van der Waals surface area contributed by atoms with Crippen molar-refractivity contribution >= 4 is 37.2 Å². The van der Waals surface area contributed by atoms with Crippen LogP contribution in [0.3, 0.4) is 0 Å². The molecule has 1 aromatic heterocycles. The van der Waals surface area contributed by atoms with E-state index in [1.54, 1.807) is 12.1 Å². The zero-order valence-electron chi connectivity index (χ0n) is 14.2. The summed E-state index contributed by atoms with van der Waals surface area (Å²) in [5.41, 5.74) is 8.58. The van der Waals surface area contributed by atoms with Gasteiger partial charge in [-0.2, -0.15) is 0 Å². The van der Waals surface area contributed by atoms with E-state index in [9.17, 15) is 9.90 Å². The van der Waals surface area contributed by atoms with Gasteiger partial charge in [-0.3, -0.25) is 0 Å². The van der Waals surface area contributed by atoms with Gasteiger partial charge in [0, 0.05) is 0 Å². The zero-order chi connectivity index (χ0) is 17.6. The molecule has 1 heterocycles. The Bertz CT molecular complexity index is 998. The van der Waals surface area contributed by atoms with E-state index in [0.717, 1.165) is 33.8 Å². The fourth-order valence-electron chi connectivity index (χ4n) is 3.31. The van der Waals surface area contributed by atoms with Crippen LogP contribution in [0.25, 0.3) is 22.0 Å². The van der Waals surface area contributed by atoms with Gasteiger partial charge in [0.25, 0.3) is 0 Å². The van der Waals surface area contributed by atoms with Gasteiger partial charge in [0.1, 0.15) is 0 Å². The fourth-order valence-corrected chi connectivity index (χ4v) is 4.49. The van der Waals surface area contributed by atoms with Gasteiger partial charge in [-0.1, -0.05) is 0 Å². The first-order chi connectivity index (χ1) is 12.1. The quantitative estimate of drug-likeness (QED) is 0.506. The number of pyridine rings is 1. The van der Waals surface area contributed by atoms with Crippen LogP contribution in [0.15, 0.2) is 42.5 Å². The van der Waals surface area contributed by atoms with Gasteiger partial charge < -0.3 is 0 Å². The van der Waals surface area contributed by atoms with Gasteiger partial charge in [-0.15, -0.1) is 0 Å². The standard InChI is InChI=1S/C20H19AsN2O2/c1-21(2)9-10-22-20-18-17(13-5-3-4-6-14(13)19(18)25)15-8-7-12(24)11-16(15)23-20/h3-8,11,24H,9-10H2,1-2H3,(H,22,23). The van der Waals surface area contributed by atoms with Crippen LogP contribution in [0.4, 0.5) is 5.82 Å². The number of fused-ring (bicyclic) bond motifs is 5. The van der Waals surface area contributed by atoms with Crippen molar-refractivity contribution < 1.29 is 9.90 Å². The molecule has 5 heteroatoms. The van der Waals surface area contributed by atoms with E-state index in [4.69, 9.17) is 0 Å². The summed E-state index contributed by atoms with van der Waals surface area (Å²) in [4.78, 5) is 17.7. The molecule has 0 radical (unpaired) electrons. The maximum atomic E-state index is 13.0. The van der Waals surface area contributed by atoms with Crippen molar-refractivity contribution in [1.29, 1.82) is 0 Å². The summed E-state index contributed by atoms with van der Waals surface area (Å²) in [6.07, 6.45) is 0. The number of rotatable bonds is 4. The first-order valence-electron chi connectivity index (χ1n) is 8.25. The molecule has 3 aromatic rings. The van der Waals surface area contributed by atoms with E-state index >= 15 is 0 Å². The van der Waals surface area contributed by atoms with Crippen LogP contribution in [-0.4, -0.2) is 37.1 Å². The predicted molar refractivity (Wildman–Crippen MR) is 103 cm³/mol. The van der Waals surface area contributed by atoms with Crippen LogP contribution in [0.2, 0.25) is 16.6 Å². The van der Waals surface area contributed by atoms with Crippen molar-refractivity contribution in [3.8, 4) is 16.9 Å². The molecule has 4 rings (SSSR count). The second kappa shape index (κ2) is 6.20. The summed E-state index contributed by atoms with van der Waals surface area (Å²) >= 11 is -0.744. The number of phenols is 1. The van der Waals surface area contributed by atoms with Crippen LogP contribution in [0.5, 0.6) is 5.75 Å². The minimum atomic E-state index is -0.744. The average molecular weight is 394 g/mol. The summed E-state index contributed by atoms with van der Waals surface area (Å²) < 4.78 is 0. The molecule has 1 aliphatic rings. The predicted octanol–water partition coefficient (Wildman–Crippen LogP) is 4.32. The monoisotopic (exact) mass is 394 g/mol. The second-order valence-corrected chi connectivity index (χ2v) is 12.0. The number of ketones is 1. The first-order valence-corrected chi connectivity index (χ1v) is 13.3. The number of nitrogens with one attached hydrogen (secondary N) is 1. The SMILES string of the molecule is C[As](C)CCNc1nc2cc(O)ccc2c2c1C(=O)c1ccccc1-2. The molecule has 0 spiro atoms. The van der Waals surface area contributed by atoms with Gasteiger partial charge in [0.05, 0.1) is 0 Å². The molecule has 2 aromatic carbocycles. The molecule has 0 atom stereocenters. The summed E-state index contributed by atoms with van der Waals surface area (Å²) in [7, 11) is 0. The van der Waals surface area contributed by atoms with Crippen molar-refractivity contribution in [2.75, 3.05) is 11.9 Å². The maximum absolute atomic E-state index is 13.0. The Morgan fingerprint density at radius 2 is 1.84 bits per heavy atom. The van der Waals surface area contributed by atoms with Crippen molar-refractivity contribution in [2.24, 2.45) is 0 Å². The van der Waals surface area contributed by atoms with Crippen molar-refractivity contribution in [2.45, 2.75) is 16.6 Å². The molecule has 0 bridgehead atoms. The summed E-state index contributed by atoms with van der Waals surface area (Å²) in [5, 5.41) is 15.3. The number of carbonyl (C=O) groups is 1. The molecule has 0 aliphatic heterocycles. The number of hydrogen-bond donors (Lipinski definition) is 2. The Balaban J connectivity index is 1.94.